The van der Waals surface area contributed by atoms with Crippen molar-refractivity contribution in [3.05, 3.63) is 89.7 Å². The van der Waals surface area contributed by atoms with Gasteiger partial charge >= 0.3 is 0 Å². The summed E-state index contributed by atoms with van der Waals surface area (Å²) < 4.78 is 16.4. The highest BCUT2D eigenvalue weighted by Crippen LogP contribution is 2.33. The summed E-state index contributed by atoms with van der Waals surface area (Å²) in [6, 6.07) is 17.7. The van der Waals surface area contributed by atoms with E-state index in [-0.39, 0.29) is 18.6 Å². The third kappa shape index (κ3) is 4.13. The molecule has 1 aliphatic heterocycles. The molecule has 2 aromatic carbocycles. The molecule has 160 valence electrons. The number of carbonyl (C=O) groups is 1. The fourth-order valence-electron chi connectivity index (χ4n) is 3.46. The van der Waals surface area contributed by atoms with Crippen LogP contribution < -0.4 is 4.74 Å². The number of carbonyl (C=O) groups excluding carboxylic acids is 1. The first kappa shape index (κ1) is 20.0. The van der Waals surface area contributed by atoms with E-state index >= 15 is 0 Å². The molecule has 0 saturated carbocycles. The molecular weight excluding hydrogens is 432 g/mol. The molecule has 32 heavy (non-hydrogen) atoms. The van der Waals surface area contributed by atoms with Crippen molar-refractivity contribution in [2.75, 3.05) is 6.61 Å². The van der Waals surface area contributed by atoms with Crippen LogP contribution in [0.25, 0.3) is 11.5 Å². The lowest BCUT2D eigenvalue weighted by Crippen LogP contribution is -2.31. The number of furan rings is 1. The van der Waals surface area contributed by atoms with Crippen molar-refractivity contribution in [2.45, 2.75) is 12.5 Å². The topological polar surface area (TPSA) is 94.0 Å². The van der Waals surface area contributed by atoms with Gasteiger partial charge in [0.1, 0.15) is 17.6 Å². The number of aromatic nitrogens is 2. The van der Waals surface area contributed by atoms with Crippen LogP contribution in [0, 0.1) is 0 Å². The van der Waals surface area contributed by atoms with E-state index < -0.39 is 0 Å². The minimum atomic E-state index is -0.341. The molecule has 0 fully saturated rings. The zero-order valence-corrected chi connectivity index (χ0v) is 17.5. The zero-order valence-electron chi connectivity index (χ0n) is 16.7. The fraction of sp³-hybridized carbons (Fsp3) is 0.130. The van der Waals surface area contributed by atoms with E-state index in [1.165, 1.54) is 11.4 Å². The third-order valence-electron chi connectivity index (χ3n) is 5.04. The summed E-state index contributed by atoms with van der Waals surface area (Å²) in [5, 5.41) is 14.2. The van der Waals surface area contributed by atoms with Gasteiger partial charge in [-0.3, -0.25) is 4.79 Å². The minimum absolute atomic E-state index is 0.172. The summed E-state index contributed by atoms with van der Waals surface area (Å²) in [7, 11) is 0. The predicted molar refractivity (Wildman–Crippen MR) is 116 cm³/mol. The number of benzene rings is 2. The van der Waals surface area contributed by atoms with E-state index in [9.17, 15) is 4.79 Å². The Morgan fingerprint density at radius 3 is 2.53 bits per heavy atom. The van der Waals surface area contributed by atoms with Gasteiger partial charge in [-0.1, -0.05) is 23.7 Å². The van der Waals surface area contributed by atoms with Gasteiger partial charge in [0, 0.05) is 17.0 Å². The Bertz CT molecular complexity index is 1220. The lowest BCUT2D eigenvalue weighted by molar-refractivity contribution is -0.135. The van der Waals surface area contributed by atoms with Gasteiger partial charge in [-0.2, -0.15) is 5.10 Å². The monoisotopic (exact) mass is 448 g/mol. The summed E-state index contributed by atoms with van der Waals surface area (Å²) in [6.45, 7) is -0.172. The average molecular weight is 449 g/mol. The Labute approximate surface area is 188 Å². The molecule has 2 aromatic heterocycles. The molecule has 0 bridgehead atoms. The van der Waals surface area contributed by atoms with Gasteiger partial charge in [-0.15, -0.1) is 10.2 Å². The van der Waals surface area contributed by atoms with Crippen molar-refractivity contribution in [3.8, 4) is 17.2 Å². The second kappa shape index (κ2) is 8.68. The van der Waals surface area contributed by atoms with Crippen LogP contribution in [0.3, 0.4) is 0 Å². The van der Waals surface area contributed by atoms with Crippen LogP contribution in [0.1, 0.15) is 23.8 Å². The molecule has 0 N–H and O–H groups in total. The van der Waals surface area contributed by atoms with Gasteiger partial charge in [0.05, 0.1) is 12.0 Å². The smallest absolute Gasteiger partial charge is 0.281 e. The average Bonchev–Trinajstić information content (AvgIpc) is 3.59. The fourth-order valence-corrected chi connectivity index (χ4v) is 3.59. The Morgan fingerprint density at radius 2 is 1.84 bits per heavy atom. The number of nitrogens with zero attached hydrogens (tertiary/aromatic N) is 4. The maximum atomic E-state index is 13.0. The highest BCUT2D eigenvalue weighted by Gasteiger charge is 2.35. The number of hydrogen-bond acceptors (Lipinski definition) is 7. The van der Waals surface area contributed by atoms with Crippen LogP contribution >= 0.6 is 11.6 Å². The van der Waals surface area contributed by atoms with Crippen molar-refractivity contribution in [3.63, 3.8) is 0 Å². The minimum Gasteiger partial charge on any atom is -0.484 e. The third-order valence-corrected chi connectivity index (χ3v) is 5.29. The summed E-state index contributed by atoms with van der Waals surface area (Å²) in [4.78, 5) is 13.0. The molecular formula is C23H17ClN4O4. The van der Waals surface area contributed by atoms with Crippen molar-refractivity contribution >= 4 is 23.2 Å². The maximum Gasteiger partial charge on any atom is 0.281 e. The van der Waals surface area contributed by atoms with E-state index in [0.717, 1.165) is 16.8 Å². The van der Waals surface area contributed by atoms with Gasteiger partial charge < -0.3 is 13.6 Å². The van der Waals surface area contributed by atoms with Crippen molar-refractivity contribution < 1.29 is 18.4 Å². The number of ether oxygens (including phenoxy) is 1. The number of hydrogen-bond donors (Lipinski definition) is 0. The van der Waals surface area contributed by atoms with Gasteiger partial charge in [-0.05, 0) is 54.1 Å². The highest BCUT2D eigenvalue weighted by atomic mass is 35.5. The predicted octanol–water partition coefficient (Wildman–Crippen LogP) is 4.74. The van der Waals surface area contributed by atoms with Gasteiger partial charge in [0.25, 0.3) is 5.91 Å². The van der Waals surface area contributed by atoms with E-state index in [1.807, 2.05) is 18.2 Å². The van der Waals surface area contributed by atoms with Crippen LogP contribution in [0.5, 0.6) is 5.75 Å². The summed E-state index contributed by atoms with van der Waals surface area (Å²) in [5.74, 6) is 1.33. The summed E-state index contributed by atoms with van der Waals surface area (Å²) >= 11 is 6.00. The molecule has 4 aromatic rings. The first-order valence-corrected chi connectivity index (χ1v) is 10.2. The van der Waals surface area contributed by atoms with E-state index in [0.29, 0.717) is 28.8 Å². The molecule has 5 rings (SSSR count). The largest absolute Gasteiger partial charge is 0.484 e. The molecule has 1 unspecified atom stereocenters. The molecule has 1 aliphatic rings. The second-order valence-corrected chi connectivity index (χ2v) is 7.52. The van der Waals surface area contributed by atoms with E-state index in [2.05, 4.69) is 15.3 Å². The van der Waals surface area contributed by atoms with Crippen LogP contribution in [-0.4, -0.2) is 33.4 Å². The summed E-state index contributed by atoms with van der Waals surface area (Å²) in [6.07, 6.45) is 3.38. The second-order valence-electron chi connectivity index (χ2n) is 7.08. The van der Waals surface area contributed by atoms with Gasteiger partial charge in [-0.25, -0.2) is 5.01 Å². The Morgan fingerprint density at radius 1 is 1.06 bits per heavy atom. The van der Waals surface area contributed by atoms with Crippen molar-refractivity contribution in [1.82, 2.24) is 15.2 Å². The lowest BCUT2D eigenvalue weighted by Gasteiger charge is -2.20. The molecule has 0 saturated heterocycles. The van der Waals surface area contributed by atoms with E-state index in [1.54, 1.807) is 48.7 Å². The number of rotatable bonds is 6. The van der Waals surface area contributed by atoms with Crippen LogP contribution in [0.15, 0.2) is 87.3 Å². The van der Waals surface area contributed by atoms with Gasteiger partial charge in [0.2, 0.25) is 12.3 Å². The standard InChI is InChI=1S/C23H17ClN4O4/c24-17-7-3-15(4-8-17)19-12-20(21-2-1-11-30-21)28(27-19)22(29)13-31-18-9-5-16(6-10-18)23-26-25-14-32-23/h1-11,14,20H,12-13H2. The van der Waals surface area contributed by atoms with Gasteiger partial charge in [0.15, 0.2) is 6.61 Å². The van der Waals surface area contributed by atoms with Crippen molar-refractivity contribution in [1.29, 1.82) is 0 Å². The van der Waals surface area contributed by atoms with Crippen molar-refractivity contribution in [2.24, 2.45) is 5.10 Å². The Hall–Kier alpha value is -3.91. The Kier molecular flexibility index (Phi) is 5.43. The normalized spacial score (nSPS) is 15.6. The van der Waals surface area contributed by atoms with E-state index in [4.69, 9.17) is 25.2 Å². The SMILES string of the molecule is O=C(COc1ccc(-c2nnco2)cc1)N1N=C(c2ccc(Cl)cc2)CC1c1ccco1. The molecule has 9 heteroatoms. The van der Waals surface area contributed by atoms with Crippen LogP contribution in [-0.2, 0) is 4.79 Å². The quantitative estimate of drug-likeness (QED) is 0.423. The number of halogens is 1. The molecule has 0 aliphatic carbocycles. The maximum absolute atomic E-state index is 13.0. The molecule has 0 radical (unpaired) electrons. The number of amides is 1. The first-order valence-electron chi connectivity index (χ1n) is 9.85. The van der Waals surface area contributed by atoms with Crippen LogP contribution in [0.4, 0.5) is 0 Å². The van der Waals surface area contributed by atoms with Crippen LogP contribution in [0.2, 0.25) is 5.02 Å². The first-order chi connectivity index (χ1) is 15.7. The molecule has 3 heterocycles. The molecule has 8 nitrogen and oxygen atoms in total. The molecule has 1 amide bonds. The molecule has 0 spiro atoms. The molecule has 1 atom stereocenters. The Balaban J connectivity index is 1.31. The lowest BCUT2D eigenvalue weighted by atomic mass is 10.0. The summed E-state index contributed by atoms with van der Waals surface area (Å²) in [5.41, 5.74) is 2.44. The number of hydrazone groups is 1. The highest BCUT2D eigenvalue weighted by molar-refractivity contribution is 6.30. The zero-order chi connectivity index (χ0) is 21.9.